The molecular formula is C19H21N3O2. The van der Waals surface area contributed by atoms with E-state index in [1.54, 1.807) is 12.4 Å². The first kappa shape index (κ1) is 16.2. The molecule has 3 rings (SSSR count). The Morgan fingerprint density at radius 1 is 0.792 bits per heavy atom. The van der Waals surface area contributed by atoms with E-state index in [4.69, 9.17) is 0 Å². The van der Waals surface area contributed by atoms with Crippen molar-refractivity contribution in [1.82, 2.24) is 14.8 Å². The second-order valence-electron chi connectivity index (χ2n) is 5.96. The van der Waals surface area contributed by atoms with Gasteiger partial charge in [-0.1, -0.05) is 36.4 Å². The van der Waals surface area contributed by atoms with Crippen LogP contribution in [0.5, 0.6) is 0 Å². The van der Waals surface area contributed by atoms with Gasteiger partial charge in [-0.25, -0.2) is 0 Å². The van der Waals surface area contributed by atoms with Gasteiger partial charge in [0.1, 0.15) is 0 Å². The van der Waals surface area contributed by atoms with Crippen LogP contribution in [0, 0.1) is 0 Å². The maximum Gasteiger partial charge on any atom is 0.227 e. The number of hydrogen-bond acceptors (Lipinski definition) is 3. The highest BCUT2D eigenvalue weighted by Crippen LogP contribution is 2.09. The summed E-state index contributed by atoms with van der Waals surface area (Å²) >= 11 is 0. The Hall–Kier alpha value is -2.69. The fourth-order valence-electron chi connectivity index (χ4n) is 2.88. The molecule has 0 aliphatic carbocycles. The highest BCUT2D eigenvalue weighted by molar-refractivity contribution is 5.81. The van der Waals surface area contributed by atoms with Crippen LogP contribution < -0.4 is 0 Å². The predicted molar refractivity (Wildman–Crippen MR) is 91.2 cm³/mol. The van der Waals surface area contributed by atoms with E-state index < -0.39 is 0 Å². The smallest absolute Gasteiger partial charge is 0.227 e. The van der Waals surface area contributed by atoms with Gasteiger partial charge in [0.25, 0.3) is 0 Å². The molecule has 1 fully saturated rings. The molecule has 2 amide bonds. The van der Waals surface area contributed by atoms with Crippen LogP contribution >= 0.6 is 0 Å². The van der Waals surface area contributed by atoms with E-state index in [2.05, 4.69) is 4.98 Å². The van der Waals surface area contributed by atoms with E-state index in [0.29, 0.717) is 39.0 Å². The average molecular weight is 323 g/mol. The third-order valence-electron chi connectivity index (χ3n) is 4.26. The summed E-state index contributed by atoms with van der Waals surface area (Å²) in [6.07, 6.45) is 4.21. The van der Waals surface area contributed by atoms with Gasteiger partial charge in [-0.15, -0.1) is 0 Å². The minimum absolute atomic E-state index is 0.0955. The molecule has 1 aromatic carbocycles. The quantitative estimate of drug-likeness (QED) is 0.857. The molecule has 0 atom stereocenters. The number of amides is 2. The number of aromatic nitrogens is 1. The van der Waals surface area contributed by atoms with E-state index >= 15 is 0 Å². The van der Waals surface area contributed by atoms with Gasteiger partial charge in [0.05, 0.1) is 12.8 Å². The Morgan fingerprint density at radius 3 is 1.88 bits per heavy atom. The lowest BCUT2D eigenvalue weighted by Gasteiger charge is -2.35. The summed E-state index contributed by atoms with van der Waals surface area (Å²) in [6, 6.07) is 13.5. The van der Waals surface area contributed by atoms with Gasteiger partial charge in [-0.2, -0.15) is 0 Å². The zero-order valence-electron chi connectivity index (χ0n) is 13.6. The Labute approximate surface area is 141 Å². The topological polar surface area (TPSA) is 53.5 Å². The van der Waals surface area contributed by atoms with Crippen LogP contribution in [0.3, 0.4) is 0 Å². The molecule has 0 spiro atoms. The van der Waals surface area contributed by atoms with Gasteiger partial charge in [-0.3, -0.25) is 14.6 Å². The van der Waals surface area contributed by atoms with E-state index in [0.717, 1.165) is 11.1 Å². The number of pyridine rings is 1. The zero-order chi connectivity index (χ0) is 16.8. The maximum absolute atomic E-state index is 12.3. The van der Waals surface area contributed by atoms with E-state index in [9.17, 15) is 9.59 Å². The molecule has 1 aliphatic heterocycles. The van der Waals surface area contributed by atoms with E-state index in [-0.39, 0.29) is 11.8 Å². The lowest BCUT2D eigenvalue weighted by Crippen LogP contribution is -2.51. The lowest BCUT2D eigenvalue weighted by atomic mass is 10.1. The highest BCUT2D eigenvalue weighted by atomic mass is 16.2. The summed E-state index contributed by atoms with van der Waals surface area (Å²) in [4.78, 5) is 32.4. The highest BCUT2D eigenvalue weighted by Gasteiger charge is 2.24. The summed E-state index contributed by atoms with van der Waals surface area (Å²) in [5, 5.41) is 0. The molecule has 24 heavy (non-hydrogen) atoms. The van der Waals surface area contributed by atoms with Crippen LogP contribution in [0.25, 0.3) is 0 Å². The number of hydrogen-bond donors (Lipinski definition) is 0. The molecule has 0 bridgehead atoms. The fraction of sp³-hybridized carbons (Fsp3) is 0.316. The van der Waals surface area contributed by atoms with Crippen molar-refractivity contribution in [3.8, 4) is 0 Å². The Bertz CT molecular complexity index is 619. The summed E-state index contributed by atoms with van der Waals surface area (Å²) in [5.41, 5.74) is 1.95. The van der Waals surface area contributed by atoms with Crippen molar-refractivity contribution >= 4 is 11.8 Å². The molecule has 2 aromatic rings. The lowest BCUT2D eigenvalue weighted by molar-refractivity contribution is -0.138. The molecule has 0 saturated carbocycles. The van der Waals surface area contributed by atoms with Crippen LogP contribution in [-0.2, 0) is 22.4 Å². The summed E-state index contributed by atoms with van der Waals surface area (Å²) in [6.45, 7) is 2.40. The minimum atomic E-state index is 0.0955. The summed E-state index contributed by atoms with van der Waals surface area (Å²) in [7, 11) is 0. The number of piperazine rings is 1. The molecule has 5 nitrogen and oxygen atoms in total. The molecular weight excluding hydrogens is 302 g/mol. The van der Waals surface area contributed by atoms with Gasteiger partial charge in [0.2, 0.25) is 11.8 Å². The second kappa shape index (κ2) is 7.73. The molecule has 5 heteroatoms. The molecule has 0 N–H and O–H groups in total. The average Bonchev–Trinajstić information content (AvgIpc) is 2.63. The van der Waals surface area contributed by atoms with Crippen LogP contribution in [-0.4, -0.2) is 52.8 Å². The van der Waals surface area contributed by atoms with Crippen molar-refractivity contribution in [1.29, 1.82) is 0 Å². The molecule has 2 heterocycles. The number of carbonyl (C=O) groups is 2. The minimum Gasteiger partial charge on any atom is -0.339 e. The summed E-state index contributed by atoms with van der Waals surface area (Å²) in [5.74, 6) is 0.221. The van der Waals surface area contributed by atoms with Crippen molar-refractivity contribution in [3.63, 3.8) is 0 Å². The number of carbonyl (C=O) groups excluding carboxylic acids is 2. The Balaban J connectivity index is 1.48. The van der Waals surface area contributed by atoms with Gasteiger partial charge in [-0.05, 0) is 17.2 Å². The molecule has 0 radical (unpaired) electrons. The first-order valence-electron chi connectivity index (χ1n) is 8.21. The largest absolute Gasteiger partial charge is 0.339 e. The van der Waals surface area contributed by atoms with E-state index in [1.807, 2.05) is 52.3 Å². The van der Waals surface area contributed by atoms with Gasteiger partial charge < -0.3 is 9.80 Å². The van der Waals surface area contributed by atoms with Crippen LogP contribution in [0.1, 0.15) is 11.1 Å². The summed E-state index contributed by atoms with van der Waals surface area (Å²) < 4.78 is 0. The van der Waals surface area contributed by atoms with Crippen molar-refractivity contribution < 1.29 is 9.59 Å². The van der Waals surface area contributed by atoms with Crippen LogP contribution in [0.2, 0.25) is 0 Å². The van der Waals surface area contributed by atoms with E-state index in [1.165, 1.54) is 0 Å². The number of benzene rings is 1. The van der Waals surface area contributed by atoms with Crippen LogP contribution in [0.4, 0.5) is 0 Å². The van der Waals surface area contributed by atoms with Crippen molar-refractivity contribution in [3.05, 3.63) is 66.0 Å². The zero-order valence-corrected chi connectivity index (χ0v) is 13.6. The molecule has 1 aromatic heterocycles. The van der Waals surface area contributed by atoms with Gasteiger partial charge in [0.15, 0.2) is 0 Å². The molecule has 1 aliphatic rings. The first-order valence-corrected chi connectivity index (χ1v) is 8.21. The Morgan fingerprint density at radius 2 is 1.33 bits per heavy atom. The monoisotopic (exact) mass is 323 g/mol. The maximum atomic E-state index is 12.3. The molecule has 1 saturated heterocycles. The second-order valence-corrected chi connectivity index (χ2v) is 5.96. The standard InChI is InChI=1S/C19H21N3O2/c23-18(13-16-5-2-1-3-6-16)21-9-11-22(12-10-21)19(24)14-17-7-4-8-20-15-17/h1-8,15H,9-14H2. The fourth-order valence-corrected chi connectivity index (χ4v) is 2.88. The Kier molecular flexibility index (Phi) is 5.21. The van der Waals surface area contributed by atoms with Gasteiger partial charge >= 0.3 is 0 Å². The first-order chi connectivity index (χ1) is 11.7. The van der Waals surface area contributed by atoms with Crippen LogP contribution in [0.15, 0.2) is 54.9 Å². The normalized spacial score (nSPS) is 14.5. The van der Waals surface area contributed by atoms with Gasteiger partial charge in [0, 0.05) is 38.6 Å². The number of rotatable bonds is 4. The predicted octanol–water partition coefficient (Wildman–Crippen LogP) is 1.54. The third kappa shape index (κ3) is 4.19. The number of nitrogens with zero attached hydrogens (tertiary/aromatic N) is 3. The van der Waals surface area contributed by atoms with Crippen molar-refractivity contribution in [2.75, 3.05) is 26.2 Å². The van der Waals surface area contributed by atoms with Crippen molar-refractivity contribution in [2.45, 2.75) is 12.8 Å². The molecule has 124 valence electrons. The SMILES string of the molecule is O=C(Cc1ccccc1)N1CCN(C(=O)Cc2cccnc2)CC1. The van der Waals surface area contributed by atoms with Crippen molar-refractivity contribution in [2.24, 2.45) is 0 Å². The third-order valence-corrected chi connectivity index (χ3v) is 4.26. The molecule has 0 unspecified atom stereocenters.